The molecule has 2 unspecified atom stereocenters. The molecule has 1 aromatic heterocycles. The van der Waals surface area contributed by atoms with E-state index in [1.807, 2.05) is 29.9 Å². The van der Waals surface area contributed by atoms with Gasteiger partial charge in [0.15, 0.2) is 5.96 Å². The molecule has 7 heteroatoms. The lowest BCUT2D eigenvalue weighted by atomic mass is 10.1. The van der Waals surface area contributed by atoms with Crippen molar-refractivity contribution in [2.75, 3.05) is 13.6 Å². The van der Waals surface area contributed by atoms with Gasteiger partial charge in [0.05, 0.1) is 12.2 Å². The van der Waals surface area contributed by atoms with Crippen molar-refractivity contribution in [1.29, 1.82) is 0 Å². The number of benzene rings is 1. The number of rotatable bonds is 7. The second kappa shape index (κ2) is 11.3. The van der Waals surface area contributed by atoms with E-state index < -0.39 is 0 Å². The normalized spacial score (nSPS) is 13.5. The number of ether oxygens (including phenoxy) is 1. The number of nitrogens with zero attached hydrogens (tertiary/aromatic N) is 3. The number of halogens is 1. The SMILES string of the molecule is CN=C(NCC(C)Oc1cccc(C)c1)NC(C)Cc1c(C)nn(C)c1C.I. The molecule has 1 aromatic carbocycles. The summed E-state index contributed by atoms with van der Waals surface area (Å²) in [5, 5.41) is 11.3. The second-order valence-electron chi connectivity index (χ2n) is 7.22. The molecule has 2 atom stereocenters. The van der Waals surface area contributed by atoms with Crippen LogP contribution >= 0.6 is 24.0 Å². The molecular formula is C21H34IN5O. The first-order valence-corrected chi connectivity index (χ1v) is 9.49. The highest BCUT2D eigenvalue weighted by atomic mass is 127. The molecule has 6 nitrogen and oxygen atoms in total. The number of aryl methyl sites for hydroxylation is 3. The van der Waals surface area contributed by atoms with Crippen LogP contribution in [0.4, 0.5) is 0 Å². The van der Waals surface area contributed by atoms with Crippen LogP contribution in [0, 0.1) is 20.8 Å². The van der Waals surface area contributed by atoms with Crippen molar-refractivity contribution in [2.45, 2.75) is 53.2 Å². The molecule has 0 amide bonds. The minimum Gasteiger partial charge on any atom is -0.489 e. The van der Waals surface area contributed by atoms with Gasteiger partial charge >= 0.3 is 0 Å². The van der Waals surface area contributed by atoms with Gasteiger partial charge in [-0.3, -0.25) is 9.67 Å². The lowest BCUT2D eigenvalue weighted by Crippen LogP contribution is -2.45. The predicted molar refractivity (Wildman–Crippen MR) is 127 cm³/mol. The molecule has 1 heterocycles. The summed E-state index contributed by atoms with van der Waals surface area (Å²) in [6.45, 7) is 11.1. The lowest BCUT2D eigenvalue weighted by molar-refractivity contribution is 0.223. The van der Waals surface area contributed by atoms with Crippen molar-refractivity contribution in [3.8, 4) is 5.75 Å². The van der Waals surface area contributed by atoms with Gasteiger partial charge in [0.2, 0.25) is 0 Å². The Kier molecular flexibility index (Phi) is 9.78. The molecule has 28 heavy (non-hydrogen) atoms. The average Bonchev–Trinajstić information content (AvgIpc) is 2.84. The van der Waals surface area contributed by atoms with Crippen LogP contribution in [0.15, 0.2) is 29.3 Å². The van der Waals surface area contributed by atoms with Crippen LogP contribution in [0.5, 0.6) is 5.75 Å². The molecule has 2 aromatic rings. The van der Waals surface area contributed by atoms with E-state index in [9.17, 15) is 0 Å². The van der Waals surface area contributed by atoms with Crippen LogP contribution in [-0.4, -0.2) is 41.5 Å². The number of aliphatic imine (C=N–C) groups is 1. The number of aromatic nitrogens is 2. The van der Waals surface area contributed by atoms with E-state index in [0.717, 1.165) is 23.8 Å². The zero-order valence-corrected chi connectivity index (χ0v) is 20.4. The summed E-state index contributed by atoms with van der Waals surface area (Å²) < 4.78 is 7.91. The zero-order chi connectivity index (χ0) is 20.0. The maximum atomic E-state index is 5.97. The van der Waals surface area contributed by atoms with Crippen LogP contribution in [0.25, 0.3) is 0 Å². The molecule has 2 N–H and O–H groups in total. The van der Waals surface area contributed by atoms with Crippen molar-refractivity contribution in [3.05, 3.63) is 46.8 Å². The van der Waals surface area contributed by atoms with Crippen LogP contribution in [-0.2, 0) is 13.5 Å². The third kappa shape index (κ3) is 7.00. The van der Waals surface area contributed by atoms with E-state index in [-0.39, 0.29) is 36.1 Å². The van der Waals surface area contributed by atoms with E-state index in [0.29, 0.717) is 6.54 Å². The molecule has 0 spiro atoms. The standard InChI is InChI=1S/C21H33N5O.HI/c1-14-9-8-10-19(11-14)27-16(3)13-23-21(22-6)24-15(2)12-20-17(4)25-26(7)18(20)5;/h8-11,15-16H,12-13H2,1-7H3,(H2,22,23,24);1H. The smallest absolute Gasteiger partial charge is 0.191 e. The summed E-state index contributed by atoms with van der Waals surface area (Å²) in [6.07, 6.45) is 0.935. The Morgan fingerprint density at radius 1 is 1.25 bits per heavy atom. The average molecular weight is 499 g/mol. The van der Waals surface area contributed by atoms with Gasteiger partial charge in [-0.2, -0.15) is 5.10 Å². The van der Waals surface area contributed by atoms with Crippen molar-refractivity contribution < 1.29 is 4.74 Å². The molecular weight excluding hydrogens is 465 g/mol. The third-order valence-corrected chi connectivity index (χ3v) is 4.66. The van der Waals surface area contributed by atoms with Gasteiger partial charge in [0.25, 0.3) is 0 Å². The first kappa shape index (κ1) is 24.3. The predicted octanol–water partition coefficient (Wildman–Crippen LogP) is 3.53. The fourth-order valence-electron chi connectivity index (χ4n) is 3.10. The van der Waals surface area contributed by atoms with E-state index in [1.165, 1.54) is 16.8 Å². The van der Waals surface area contributed by atoms with E-state index >= 15 is 0 Å². The van der Waals surface area contributed by atoms with Crippen LogP contribution in [0.1, 0.15) is 36.4 Å². The Hall–Kier alpha value is -1.77. The summed E-state index contributed by atoms with van der Waals surface area (Å²) in [4.78, 5) is 4.33. The monoisotopic (exact) mass is 499 g/mol. The maximum absolute atomic E-state index is 5.97. The topological polar surface area (TPSA) is 63.5 Å². The largest absolute Gasteiger partial charge is 0.489 e. The molecule has 156 valence electrons. The first-order chi connectivity index (χ1) is 12.8. The Morgan fingerprint density at radius 2 is 1.96 bits per heavy atom. The van der Waals surface area contributed by atoms with Crippen molar-refractivity contribution in [3.63, 3.8) is 0 Å². The minimum atomic E-state index is 0. The summed E-state index contributed by atoms with van der Waals surface area (Å²) in [7, 11) is 3.77. The minimum absolute atomic E-state index is 0. The quantitative estimate of drug-likeness (QED) is 0.348. The number of hydrogen-bond donors (Lipinski definition) is 2. The molecule has 0 radical (unpaired) electrons. The lowest BCUT2D eigenvalue weighted by Gasteiger charge is -2.21. The molecule has 0 aliphatic rings. The van der Waals surface area contributed by atoms with Gasteiger partial charge in [-0.15, -0.1) is 24.0 Å². The van der Waals surface area contributed by atoms with E-state index in [4.69, 9.17) is 4.74 Å². The maximum Gasteiger partial charge on any atom is 0.191 e. The van der Waals surface area contributed by atoms with Crippen molar-refractivity contribution >= 4 is 29.9 Å². The highest BCUT2D eigenvalue weighted by molar-refractivity contribution is 14.0. The Morgan fingerprint density at radius 3 is 2.54 bits per heavy atom. The summed E-state index contributed by atoms with van der Waals surface area (Å²) in [5.74, 6) is 1.67. The number of guanidine groups is 1. The second-order valence-corrected chi connectivity index (χ2v) is 7.22. The van der Waals surface area contributed by atoms with Gasteiger partial charge in [-0.1, -0.05) is 12.1 Å². The molecule has 0 aliphatic carbocycles. The van der Waals surface area contributed by atoms with Crippen LogP contribution in [0.3, 0.4) is 0 Å². The van der Waals surface area contributed by atoms with E-state index in [1.54, 1.807) is 7.05 Å². The number of hydrogen-bond acceptors (Lipinski definition) is 3. The highest BCUT2D eigenvalue weighted by Gasteiger charge is 2.14. The summed E-state index contributed by atoms with van der Waals surface area (Å²) >= 11 is 0. The fourth-order valence-corrected chi connectivity index (χ4v) is 3.10. The molecule has 0 bridgehead atoms. The van der Waals surface area contributed by atoms with Crippen molar-refractivity contribution in [2.24, 2.45) is 12.0 Å². The number of nitrogens with one attached hydrogen (secondary N) is 2. The van der Waals surface area contributed by atoms with Crippen molar-refractivity contribution in [1.82, 2.24) is 20.4 Å². The Bertz CT molecular complexity index is 787. The molecule has 0 saturated carbocycles. The summed E-state index contributed by atoms with van der Waals surface area (Å²) in [5.41, 5.74) is 4.79. The summed E-state index contributed by atoms with van der Waals surface area (Å²) in [6, 6.07) is 8.34. The fraction of sp³-hybridized carbons (Fsp3) is 0.524. The highest BCUT2D eigenvalue weighted by Crippen LogP contribution is 2.15. The molecule has 0 aliphatic heterocycles. The van der Waals surface area contributed by atoms with Crippen LogP contribution < -0.4 is 15.4 Å². The van der Waals surface area contributed by atoms with Gasteiger partial charge in [-0.05, 0) is 64.3 Å². The third-order valence-electron chi connectivity index (χ3n) is 4.66. The zero-order valence-electron chi connectivity index (χ0n) is 18.0. The van der Waals surface area contributed by atoms with Gasteiger partial charge in [-0.25, -0.2) is 0 Å². The van der Waals surface area contributed by atoms with E-state index in [2.05, 4.69) is 61.4 Å². The first-order valence-electron chi connectivity index (χ1n) is 9.49. The Balaban J connectivity index is 0.00000392. The molecule has 0 fully saturated rings. The van der Waals surface area contributed by atoms with Gasteiger partial charge in [0, 0.05) is 25.8 Å². The molecule has 2 rings (SSSR count). The van der Waals surface area contributed by atoms with Gasteiger partial charge < -0.3 is 15.4 Å². The Labute approximate surface area is 186 Å². The molecule has 0 saturated heterocycles. The van der Waals surface area contributed by atoms with Gasteiger partial charge in [0.1, 0.15) is 11.9 Å². The van der Waals surface area contributed by atoms with Crippen LogP contribution in [0.2, 0.25) is 0 Å².